The molecule has 13 aliphatic carbocycles. The molecule has 0 saturated heterocycles. The smallest absolute Gasteiger partial charge is 0.296 e. The van der Waals surface area contributed by atoms with E-state index < -0.39 is 20.2 Å². The van der Waals surface area contributed by atoms with Crippen molar-refractivity contribution in [1.29, 1.82) is 0 Å². The number of aryl methyl sites for hydroxylation is 2. The van der Waals surface area contributed by atoms with E-state index in [9.17, 15) is 46.9 Å². The van der Waals surface area contributed by atoms with E-state index in [0.717, 1.165) is 141 Å². The number of hydrogen-bond donors (Lipinski definition) is 4. The molecule has 0 aliphatic heterocycles. The van der Waals surface area contributed by atoms with E-state index in [2.05, 4.69) is 149 Å². The highest BCUT2D eigenvalue weighted by Gasteiger charge is 2.58. The van der Waals surface area contributed by atoms with Gasteiger partial charge < -0.3 is 25.2 Å². The summed E-state index contributed by atoms with van der Waals surface area (Å²) < 4.78 is 60.6. The number of ketones is 1. The van der Waals surface area contributed by atoms with Gasteiger partial charge in [-0.05, 0) is 362 Å². The Kier molecular flexibility index (Phi) is 35.6. The summed E-state index contributed by atoms with van der Waals surface area (Å²) in [5, 5.41) is 39.7. The van der Waals surface area contributed by atoms with Gasteiger partial charge in [0.25, 0.3) is 20.2 Å². The number of benzene rings is 2. The molecule has 696 valence electrons. The van der Waals surface area contributed by atoms with Crippen LogP contribution in [0.25, 0.3) is 0 Å². The van der Waals surface area contributed by atoms with Crippen LogP contribution in [0.4, 0.5) is 0 Å². The van der Waals surface area contributed by atoms with Gasteiger partial charge in [0.15, 0.2) is 0 Å². The first-order chi connectivity index (χ1) is 57.9. The molecule has 14 heteroatoms. The highest BCUT2D eigenvalue weighted by atomic mass is 32.2. The van der Waals surface area contributed by atoms with Gasteiger partial charge in [-0.25, -0.2) is 0 Å². The van der Waals surface area contributed by atoms with Gasteiger partial charge >= 0.3 is 0 Å². The molecule has 0 heterocycles. The summed E-state index contributed by atoms with van der Waals surface area (Å²) in [6.07, 6.45) is 50.2. The van der Waals surface area contributed by atoms with Crippen LogP contribution in [0.5, 0.6) is 0 Å². The van der Waals surface area contributed by atoms with E-state index in [1.807, 2.05) is 26.0 Å². The van der Waals surface area contributed by atoms with Gasteiger partial charge in [-0.1, -0.05) is 246 Å². The monoisotopic (exact) mass is 1740 g/mol. The van der Waals surface area contributed by atoms with E-state index in [4.69, 9.17) is 8.37 Å². The lowest BCUT2D eigenvalue weighted by atomic mass is 9.60. The number of carbonyl (C=O) groups is 2. The maximum absolute atomic E-state index is 12.5. The summed E-state index contributed by atoms with van der Waals surface area (Å²) in [6.45, 7) is 50.3. The average molecular weight is 1740 g/mol. The zero-order valence-electron chi connectivity index (χ0n) is 81.0. The first-order valence-corrected chi connectivity index (χ1v) is 53.0. The molecule has 0 bridgehead atoms. The third-order valence-electron chi connectivity index (χ3n) is 37.8. The second-order valence-electron chi connectivity index (χ2n) is 45.7. The van der Waals surface area contributed by atoms with Crippen LogP contribution in [-0.4, -0.2) is 87.5 Å². The van der Waals surface area contributed by atoms with Crippen molar-refractivity contribution in [3.63, 3.8) is 0 Å². The Bertz CT molecular complexity index is 3940. The Hall–Kier alpha value is -3.60. The van der Waals surface area contributed by atoms with Crippen LogP contribution in [0, 0.1) is 177 Å². The van der Waals surface area contributed by atoms with Gasteiger partial charge in [0.1, 0.15) is 12.1 Å². The van der Waals surface area contributed by atoms with Crippen molar-refractivity contribution in [2.24, 2.45) is 163 Å². The average Bonchev–Trinajstić information content (AvgIpc) is 1.64. The maximum atomic E-state index is 12.5. The van der Waals surface area contributed by atoms with Crippen LogP contribution in [0.2, 0.25) is 0 Å². The first-order valence-electron chi connectivity index (χ1n) is 50.2. The molecule has 30 atom stereocenters. The van der Waals surface area contributed by atoms with Crippen molar-refractivity contribution in [3.05, 3.63) is 107 Å². The topological polar surface area (TPSA) is 202 Å². The highest BCUT2D eigenvalue weighted by Crippen LogP contribution is 2.65. The van der Waals surface area contributed by atoms with E-state index in [1.165, 1.54) is 152 Å². The Morgan fingerprint density at radius 2 is 0.854 bits per heavy atom. The van der Waals surface area contributed by atoms with Crippen molar-refractivity contribution in [2.75, 3.05) is 19.8 Å². The second-order valence-corrected chi connectivity index (χ2v) is 48.9. The SMILES string of the molecule is C=C1CC[C@H](O)C/C1=C/C=C1\CCC[C@]2(C)[C@@H]([C@H](C)/C=C/[C@H](C)C(C)C)CC[C@@H]12.CC(=O)[C@H]1CC[C@H]2[C@@H](C)CCC[C@]12C.C[C@H](C=O)[C@H]1CC[C@H]2[C@@H](C)CCC[C@]12C.C[C@H](CO)[C@H]1CC[C@H]2[C@@H](O)CCC[C@]12C.Cc1ccc(S(=O)(=O)OC[C@@H](C)[C@H]2CC[C@H]3[C@@H](C)CCC[C@]23C)cc1.Cc1ccc(S(=O)(=O)OC[C@@H](C)[C@H]2CC[C@H]3[C@@H](O)CCC[C@]23C)cc1. The van der Waals surface area contributed by atoms with Gasteiger partial charge in [0, 0.05) is 18.4 Å². The summed E-state index contributed by atoms with van der Waals surface area (Å²) in [5.74, 6) is 13.6. The van der Waals surface area contributed by atoms with Crippen LogP contribution in [0.3, 0.4) is 0 Å². The fourth-order valence-corrected chi connectivity index (χ4v) is 32.1. The summed E-state index contributed by atoms with van der Waals surface area (Å²) in [5.41, 5.74) is 8.25. The number of fused-ring (bicyclic) bond motifs is 6. The molecular weight excluding hydrogens is 1570 g/mol. The normalized spacial score (nSPS) is 39.7. The summed E-state index contributed by atoms with van der Waals surface area (Å²) >= 11 is 0. The molecule has 4 N–H and O–H groups in total. The maximum Gasteiger partial charge on any atom is 0.296 e. The van der Waals surface area contributed by atoms with Crippen molar-refractivity contribution in [2.45, 2.75) is 378 Å². The molecule has 123 heavy (non-hydrogen) atoms. The number of aliphatic hydroxyl groups is 4. The van der Waals surface area contributed by atoms with Crippen LogP contribution in [-0.2, 0) is 38.2 Å². The Morgan fingerprint density at radius 1 is 0.463 bits per heavy atom. The fourth-order valence-electron chi connectivity index (χ4n) is 30.1. The van der Waals surface area contributed by atoms with Crippen molar-refractivity contribution in [3.8, 4) is 0 Å². The van der Waals surface area contributed by atoms with E-state index >= 15 is 0 Å². The number of hydrogen-bond acceptors (Lipinski definition) is 12. The van der Waals surface area contributed by atoms with E-state index in [0.29, 0.717) is 98.6 Å². The zero-order chi connectivity index (χ0) is 90.1. The van der Waals surface area contributed by atoms with Crippen LogP contribution >= 0.6 is 0 Å². The predicted molar refractivity (Wildman–Crippen MR) is 505 cm³/mol. The number of allylic oxidation sites excluding steroid dienone is 6. The van der Waals surface area contributed by atoms with Gasteiger partial charge in [-0.2, -0.15) is 16.8 Å². The van der Waals surface area contributed by atoms with Gasteiger partial charge in [0.05, 0.1) is 41.3 Å². The standard InChI is InChI=1S/C28H44O.C21H32O3S.C20H30O4S.C14H24O.C13H24O2.C13H22O/c1-19(2)20(3)9-10-22(5)26-15-16-27-23(8-7-17-28(26,27)6)12-13-24-18-25(29)14-11-21(24)4;1-15-7-9-18(10-8-15)25(22,23)24-14-17(3)20-12-11-19-16(2)6-5-13-21(19,20)4;1-14-6-8-16(9-7-14)25(22,23)24-13-15(2)17-10-11-18-19(21)5-4-12-20(17,18)3;1-10-5-4-8-14(3)12(10)6-7-13(14)11(2)9-15;1-9(8-14)10-5-6-11-12(15)4-3-7-13(10,11)2;1-9-5-4-8-13(3)11(9)6-7-12(13)10(2)14/h9-10,12-13,19-20,22,25-27,29H,4,7-8,11,14-18H2,1-3,5-6H3;7-10,16-17,19-20H,5-6,11-14H2,1-4H3;6-9,15,17-19,21H,4-5,10-13H2,1-3H3;9-13H,4-8H2,1-3H3;9-12,14-15H,3-8H2,1-2H3;9,11-12H,4-8H2,1-3H3/b10-9+,23-12+,24-13-;;;;;/t20-,22+,25-,26+,27-,28+;16-,17+,19-,20+,21-;15-,17-,18+,19+,20-;10-,11+,12-,13+,14-;9-,10-,11+,12+,13-;9-,11-,12+,13-/m001010/s1. The molecule has 2 aromatic carbocycles. The van der Waals surface area contributed by atoms with Crippen LogP contribution in [0.1, 0.15) is 348 Å². The molecule has 13 saturated carbocycles. The van der Waals surface area contributed by atoms with Crippen LogP contribution < -0.4 is 0 Å². The molecule has 0 radical (unpaired) electrons. The molecule has 2 aromatic rings. The molecule has 12 nitrogen and oxygen atoms in total. The third-order valence-corrected chi connectivity index (χ3v) is 40.4. The molecule has 0 aromatic heterocycles. The summed E-state index contributed by atoms with van der Waals surface area (Å²) in [7, 11) is -7.37. The van der Waals surface area contributed by atoms with Gasteiger partial charge in [0.2, 0.25) is 0 Å². The van der Waals surface area contributed by atoms with Crippen molar-refractivity contribution in [1.82, 2.24) is 0 Å². The number of carbonyl (C=O) groups excluding carboxylic acids is 2. The quantitative estimate of drug-likeness (QED) is 0.0556. The Labute approximate surface area is 750 Å². The predicted octanol–water partition coefficient (Wildman–Crippen LogP) is 26.0. The van der Waals surface area contributed by atoms with E-state index in [1.54, 1.807) is 48.9 Å². The molecule has 13 fully saturated rings. The minimum Gasteiger partial charge on any atom is -0.396 e. The fraction of sp³-hybridized carbons (Fsp3) is 0.798. The lowest BCUT2D eigenvalue weighted by Crippen LogP contribution is -2.42. The van der Waals surface area contributed by atoms with Gasteiger partial charge in [-0.3, -0.25) is 13.2 Å². The molecule has 0 amide bonds. The molecule has 15 rings (SSSR count). The zero-order valence-corrected chi connectivity index (χ0v) is 82.6. The summed E-state index contributed by atoms with van der Waals surface area (Å²) in [4.78, 5) is 23.1. The first kappa shape index (κ1) is 102. The lowest BCUT2D eigenvalue weighted by molar-refractivity contribution is -0.125. The van der Waals surface area contributed by atoms with E-state index in [-0.39, 0.29) is 64.5 Å². The molecular formula is C109H176O12S2. The largest absolute Gasteiger partial charge is 0.396 e. The molecule has 13 aliphatic rings. The number of rotatable bonds is 20. The van der Waals surface area contributed by atoms with Crippen molar-refractivity contribution < 1.29 is 55.2 Å². The van der Waals surface area contributed by atoms with Gasteiger partial charge in [-0.15, -0.1) is 0 Å². The second kappa shape index (κ2) is 43.2. The molecule has 0 unspecified atom stereocenters. The Morgan fingerprint density at radius 3 is 1.31 bits per heavy atom. The lowest BCUT2D eigenvalue weighted by Gasteiger charge is -2.45. The third kappa shape index (κ3) is 23.1. The number of aldehydes is 1. The highest BCUT2D eigenvalue weighted by molar-refractivity contribution is 7.87. The van der Waals surface area contributed by atoms with Crippen molar-refractivity contribution >= 4 is 32.3 Å². The summed E-state index contributed by atoms with van der Waals surface area (Å²) in [6, 6.07) is 13.6. The molecule has 0 spiro atoms. The number of aliphatic hydroxyl groups excluding tert-OH is 4. The minimum absolute atomic E-state index is 0.0837. The Balaban J connectivity index is 0.000000158. The van der Waals surface area contributed by atoms with Crippen LogP contribution in [0.15, 0.2) is 106 Å². The number of Topliss-reactive ketones (excluding diaryl/α,β-unsaturated/α-hetero) is 1. The minimum atomic E-state index is -3.71.